The summed E-state index contributed by atoms with van der Waals surface area (Å²) in [5, 5.41) is 0. The van der Waals surface area contributed by atoms with Crippen LogP contribution < -0.4 is 0 Å². The van der Waals surface area contributed by atoms with Crippen LogP contribution >= 0.6 is 0 Å². The molecule has 0 aliphatic carbocycles. The number of pyridine rings is 1. The molecule has 29 heavy (non-hydrogen) atoms. The van der Waals surface area contributed by atoms with E-state index in [1.165, 1.54) is 0 Å². The van der Waals surface area contributed by atoms with Crippen LogP contribution in [0.25, 0.3) is 0 Å². The molecule has 0 aromatic carbocycles. The second kappa shape index (κ2) is 10.2. The van der Waals surface area contributed by atoms with E-state index in [1.54, 1.807) is 40.6 Å². The van der Waals surface area contributed by atoms with Crippen LogP contribution in [0.2, 0.25) is 0 Å². The minimum atomic E-state index is -0.162. The van der Waals surface area contributed by atoms with E-state index in [-0.39, 0.29) is 30.5 Å². The summed E-state index contributed by atoms with van der Waals surface area (Å²) in [6.07, 6.45) is 7.51. The van der Waals surface area contributed by atoms with Crippen molar-refractivity contribution in [1.29, 1.82) is 0 Å². The number of furan rings is 1. The van der Waals surface area contributed by atoms with Gasteiger partial charge in [0, 0.05) is 37.2 Å². The quantitative estimate of drug-likeness (QED) is 0.648. The number of hydrogen-bond acceptors (Lipinski definition) is 5. The summed E-state index contributed by atoms with van der Waals surface area (Å²) in [5.74, 6) is 0.441. The molecule has 0 radical (unpaired) electrons. The molecule has 2 aromatic rings. The molecule has 2 amide bonds. The van der Waals surface area contributed by atoms with Crippen molar-refractivity contribution < 1.29 is 18.7 Å². The Morgan fingerprint density at radius 1 is 1.28 bits per heavy atom. The fourth-order valence-corrected chi connectivity index (χ4v) is 3.43. The Labute approximate surface area is 171 Å². The Hall–Kier alpha value is -2.67. The Morgan fingerprint density at radius 3 is 2.69 bits per heavy atom. The van der Waals surface area contributed by atoms with Crippen molar-refractivity contribution in [3.05, 3.63) is 54.2 Å². The second-order valence-corrected chi connectivity index (χ2v) is 7.41. The highest BCUT2D eigenvalue weighted by Gasteiger charge is 2.28. The Morgan fingerprint density at radius 2 is 2.07 bits per heavy atom. The van der Waals surface area contributed by atoms with Gasteiger partial charge < -0.3 is 19.0 Å². The lowest BCUT2D eigenvalue weighted by Gasteiger charge is -2.32. The predicted molar refractivity (Wildman–Crippen MR) is 108 cm³/mol. The van der Waals surface area contributed by atoms with Gasteiger partial charge in [0.1, 0.15) is 12.3 Å². The van der Waals surface area contributed by atoms with E-state index in [2.05, 4.69) is 4.98 Å². The van der Waals surface area contributed by atoms with Crippen molar-refractivity contribution in [3.8, 4) is 0 Å². The van der Waals surface area contributed by atoms with E-state index in [9.17, 15) is 9.59 Å². The topological polar surface area (TPSA) is 75.9 Å². The summed E-state index contributed by atoms with van der Waals surface area (Å²) in [6, 6.07) is 6.95. The maximum Gasteiger partial charge on any atom is 0.254 e. The van der Waals surface area contributed by atoms with E-state index in [4.69, 9.17) is 9.15 Å². The predicted octanol–water partition coefficient (Wildman–Crippen LogP) is 3.12. The number of rotatable bonds is 9. The van der Waals surface area contributed by atoms with Crippen LogP contribution in [0, 0.1) is 0 Å². The smallest absolute Gasteiger partial charge is 0.254 e. The summed E-state index contributed by atoms with van der Waals surface area (Å²) in [7, 11) is 0. The highest BCUT2D eigenvalue weighted by molar-refractivity contribution is 5.96. The first-order valence-electron chi connectivity index (χ1n) is 10.2. The number of carbonyl (C=O) groups is 2. The van der Waals surface area contributed by atoms with Gasteiger partial charge in [-0.1, -0.05) is 6.92 Å². The van der Waals surface area contributed by atoms with Crippen molar-refractivity contribution in [2.75, 3.05) is 19.7 Å². The van der Waals surface area contributed by atoms with Gasteiger partial charge in [-0.2, -0.15) is 0 Å². The van der Waals surface area contributed by atoms with E-state index in [0.717, 1.165) is 25.9 Å². The number of carbonyl (C=O) groups excluding carboxylic acids is 2. The van der Waals surface area contributed by atoms with E-state index in [0.29, 0.717) is 24.4 Å². The average Bonchev–Trinajstić information content (AvgIpc) is 3.45. The van der Waals surface area contributed by atoms with Crippen LogP contribution in [0.1, 0.15) is 49.2 Å². The molecule has 7 heteroatoms. The number of amides is 2. The summed E-state index contributed by atoms with van der Waals surface area (Å²) in [6.45, 7) is 5.58. The number of ether oxygens (including phenoxy) is 1. The van der Waals surface area contributed by atoms with E-state index >= 15 is 0 Å². The summed E-state index contributed by atoms with van der Waals surface area (Å²) in [5.41, 5.74) is 0.532. The largest absolute Gasteiger partial charge is 0.467 e. The summed E-state index contributed by atoms with van der Waals surface area (Å²) in [4.78, 5) is 33.6. The first kappa shape index (κ1) is 21.0. The molecule has 3 rings (SSSR count). The average molecular weight is 399 g/mol. The Kier molecular flexibility index (Phi) is 7.41. The highest BCUT2D eigenvalue weighted by Crippen LogP contribution is 2.17. The molecule has 156 valence electrons. The monoisotopic (exact) mass is 399 g/mol. The molecule has 2 unspecified atom stereocenters. The minimum Gasteiger partial charge on any atom is -0.467 e. The zero-order valence-electron chi connectivity index (χ0n) is 17.1. The molecule has 1 aliphatic heterocycles. The van der Waals surface area contributed by atoms with Crippen LogP contribution in [-0.2, 0) is 16.1 Å². The molecule has 7 nitrogen and oxygen atoms in total. The maximum atomic E-state index is 13.2. The lowest BCUT2D eigenvalue weighted by Crippen LogP contribution is -2.47. The van der Waals surface area contributed by atoms with E-state index < -0.39 is 0 Å². The normalized spacial score (nSPS) is 17.1. The molecular formula is C22H29N3O4. The van der Waals surface area contributed by atoms with Gasteiger partial charge in [0.05, 0.1) is 18.9 Å². The van der Waals surface area contributed by atoms with Crippen molar-refractivity contribution in [3.63, 3.8) is 0 Å². The Bertz CT molecular complexity index is 773. The van der Waals surface area contributed by atoms with Crippen molar-refractivity contribution >= 4 is 11.8 Å². The van der Waals surface area contributed by atoms with Gasteiger partial charge in [0.15, 0.2) is 0 Å². The number of hydrogen-bond donors (Lipinski definition) is 0. The third-order valence-corrected chi connectivity index (χ3v) is 5.34. The molecular weight excluding hydrogens is 370 g/mol. The third kappa shape index (κ3) is 5.67. The van der Waals surface area contributed by atoms with Gasteiger partial charge in [-0.25, -0.2) is 0 Å². The van der Waals surface area contributed by atoms with E-state index in [1.807, 2.05) is 26.0 Å². The van der Waals surface area contributed by atoms with Gasteiger partial charge in [0.2, 0.25) is 5.91 Å². The lowest BCUT2D eigenvalue weighted by atomic mass is 10.1. The molecule has 3 heterocycles. The van der Waals surface area contributed by atoms with Gasteiger partial charge in [0.25, 0.3) is 5.91 Å². The first-order chi connectivity index (χ1) is 14.1. The minimum absolute atomic E-state index is 0.0175. The molecule has 0 N–H and O–H groups in total. The van der Waals surface area contributed by atoms with Crippen LogP contribution in [0.5, 0.6) is 0 Å². The molecule has 1 fully saturated rings. The zero-order chi connectivity index (χ0) is 20.6. The fraction of sp³-hybridized carbons (Fsp3) is 0.500. The lowest BCUT2D eigenvalue weighted by molar-refractivity contribution is -0.134. The van der Waals surface area contributed by atoms with Crippen LogP contribution in [0.15, 0.2) is 47.3 Å². The SMILES string of the molecule is CCC(C)N(CC(=O)N(Cc1ccco1)CC1CCCO1)C(=O)c1ccncc1. The number of aromatic nitrogens is 1. The van der Waals surface area contributed by atoms with Crippen molar-refractivity contribution in [1.82, 2.24) is 14.8 Å². The molecule has 0 saturated carbocycles. The molecule has 0 bridgehead atoms. The van der Waals surface area contributed by atoms with Gasteiger partial charge in [-0.15, -0.1) is 0 Å². The first-order valence-corrected chi connectivity index (χ1v) is 10.2. The van der Waals surface area contributed by atoms with Crippen molar-refractivity contribution in [2.45, 2.75) is 51.8 Å². The number of nitrogens with zero attached hydrogens (tertiary/aromatic N) is 3. The maximum absolute atomic E-state index is 13.2. The van der Waals surface area contributed by atoms with Crippen LogP contribution in [0.4, 0.5) is 0 Å². The van der Waals surface area contributed by atoms with Gasteiger partial charge in [-0.3, -0.25) is 14.6 Å². The van der Waals surface area contributed by atoms with Crippen LogP contribution in [0.3, 0.4) is 0 Å². The summed E-state index contributed by atoms with van der Waals surface area (Å²) < 4.78 is 11.2. The standard InChI is InChI=1S/C22H29N3O4/c1-3-17(2)25(22(27)18-8-10-23-11-9-18)16-21(26)24(14-19-6-4-12-28-19)15-20-7-5-13-29-20/h4,6,8-12,17,20H,3,5,7,13-16H2,1-2H3. The molecule has 2 atom stereocenters. The van der Waals surface area contributed by atoms with Gasteiger partial charge in [-0.05, 0) is 50.5 Å². The zero-order valence-corrected chi connectivity index (χ0v) is 17.1. The second-order valence-electron chi connectivity index (χ2n) is 7.41. The summed E-state index contributed by atoms with van der Waals surface area (Å²) >= 11 is 0. The van der Waals surface area contributed by atoms with Gasteiger partial charge >= 0.3 is 0 Å². The van der Waals surface area contributed by atoms with Crippen LogP contribution in [-0.4, -0.2) is 58.4 Å². The highest BCUT2D eigenvalue weighted by atomic mass is 16.5. The third-order valence-electron chi connectivity index (χ3n) is 5.34. The van der Waals surface area contributed by atoms with Crippen molar-refractivity contribution in [2.24, 2.45) is 0 Å². The molecule has 1 saturated heterocycles. The molecule has 1 aliphatic rings. The fourth-order valence-electron chi connectivity index (χ4n) is 3.43. The molecule has 2 aromatic heterocycles. The molecule has 0 spiro atoms. The Balaban J connectivity index is 1.75.